The quantitative estimate of drug-likeness (QED) is 0.466. The maximum Gasteiger partial charge on any atom is 0.503 e. The molecule has 0 N–H and O–H groups in total. The van der Waals surface area contributed by atoms with Crippen molar-refractivity contribution in [3.05, 3.63) is 72.8 Å². The lowest BCUT2D eigenvalue weighted by atomic mass is 10.1. The number of rotatable bonds is 0. The van der Waals surface area contributed by atoms with Crippen molar-refractivity contribution in [3.63, 3.8) is 0 Å². The fourth-order valence-corrected chi connectivity index (χ4v) is 11.5. The van der Waals surface area contributed by atoms with E-state index in [2.05, 4.69) is 80.0 Å². The highest BCUT2D eigenvalue weighted by atomic mass is 28.4. The molecule has 4 aliphatic rings. The predicted octanol–water partition coefficient (Wildman–Crippen LogP) is 4.78. The summed E-state index contributed by atoms with van der Waals surface area (Å²) in [6.07, 6.45) is 4.56. The third-order valence-corrected chi connectivity index (χ3v) is 11.6. The summed E-state index contributed by atoms with van der Waals surface area (Å²) in [5, 5.41) is 0. The van der Waals surface area contributed by atoms with Crippen LogP contribution in [-0.2, 0) is 0 Å². The van der Waals surface area contributed by atoms with Crippen LogP contribution >= 0.6 is 0 Å². The number of benzene rings is 2. The van der Waals surface area contributed by atoms with Gasteiger partial charge in [-0.15, -0.1) is 0 Å². The molecule has 2 aromatic carbocycles. The van der Waals surface area contributed by atoms with Gasteiger partial charge in [0.1, 0.15) is 0 Å². The average Bonchev–Trinajstić information content (AvgIpc) is 3.11. The van der Waals surface area contributed by atoms with Gasteiger partial charge in [-0.05, 0) is 49.9 Å². The first-order valence-electron chi connectivity index (χ1n) is 10.8. The molecule has 0 aliphatic carbocycles. The van der Waals surface area contributed by atoms with E-state index in [-0.39, 0.29) is 0 Å². The van der Waals surface area contributed by atoms with Gasteiger partial charge < -0.3 is 18.3 Å². The number of hydrogen-bond donors (Lipinski definition) is 0. The normalized spacial score (nSPS) is 22.2. The van der Waals surface area contributed by atoms with Gasteiger partial charge in [0, 0.05) is 26.2 Å². The second kappa shape index (κ2) is 6.17. The van der Waals surface area contributed by atoms with Crippen molar-refractivity contribution in [2.24, 2.45) is 0 Å². The third kappa shape index (κ3) is 2.19. The van der Waals surface area contributed by atoms with E-state index in [0.717, 1.165) is 39.0 Å². The lowest BCUT2D eigenvalue weighted by molar-refractivity contribution is 0.730. The van der Waals surface area contributed by atoms with Crippen molar-refractivity contribution in [2.45, 2.75) is 25.7 Å². The number of para-hydroxylation sites is 4. The number of nitrogens with zero attached hydrogens (tertiary/aromatic N) is 4. The van der Waals surface area contributed by atoms with E-state index in [0.29, 0.717) is 0 Å². The Bertz CT molecular complexity index is 934. The lowest BCUT2D eigenvalue weighted by Crippen LogP contribution is -2.81. The van der Waals surface area contributed by atoms with Gasteiger partial charge in [-0.2, -0.15) is 0 Å². The molecule has 6 rings (SSSR count). The van der Waals surface area contributed by atoms with Crippen molar-refractivity contribution in [3.8, 4) is 0 Å². The molecule has 2 fully saturated rings. The minimum Gasteiger partial charge on any atom is -0.345 e. The van der Waals surface area contributed by atoms with Crippen LogP contribution in [-0.4, -0.2) is 34.9 Å². The van der Waals surface area contributed by atoms with Gasteiger partial charge in [0.05, 0.1) is 22.7 Å². The van der Waals surface area contributed by atoms with Crippen molar-refractivity contribution < 1.29 is 0 Å². The summed E-state index contributed by atoms with van der Waals surface area (Å²) in [5.74, 6) is 0. The molecule has 0 unspecified atom stereocenters. The average molecular weight is 401 g/mol. The first-order valence-corrected chi connectivity index (χ1v) is 12.6. The van der Waals surface area contributed by atoms with Gasteiger partial charge in [0.2, 0.25) is 0 Å². The Morgan fingerprint density at radius 3 is 1.38 bits per heavy atom. The smallest absolute Gasteiger partial charge is 0.345 e. The predicted molar refractivity (Wildman–Crippen MR) is 125 cm³/mol. The van der Waals surface area contributed by atoms with Gasteiger partial charge in [0.25, 0.3) is 0 Å². The van der Waals surface area contributed by atoms with Crippen molar-refractivity contribution in [2.75, 3.05) is 44.4 Å². The summed E-state index contributed by atoms with van der Waals surface area (Å²) in [6.45, 7) is 13.0. The summed E-state index contributed by atoms with van der Waals surface area (Å²) in [6, 6.07) is 18.1. The molecule has 0 radical (unpaired) electrons. The second-order valence-corrected chi connectivity index (χ2v) is 12.1. The molecule has 2 aromatic rings. The fraction of sp³-hybridized carbons (Fsp3) is 0.333. The van der Waals surface area contributed by atoms with Crippen molar-refractivity contribution >= 4 is 31.5 Å². The molecule has 0 bridgehead atoms. The topological polar surface area (TPSA) is 13.0 Å². The maximum atomic E-state index is 4.47. The Morgan fingerprint density at radius 1 is 0.586 bits per heavy atom. The van der Waals surface area contributed by atoms with E-state index >= 15 is 0 Å². The molecular formula is C24H28N4Si. The highest BCUT2D eigenvalue weighted by Crippen LogP contribution is 2.54. The Hall–Kier alpha value is -2.66. The molecule has 2 saturated heterocycles. The molecule has 148 valence electrons. The first-order chi connectivity index (χ1) is 14.2. The van der Waals surface area contributed by atoms with E-state index in [1.54, 1.807) is 0 Å². The minimum atomic E-state index is -2.41. The van der Waals surface area contributed by atoms with Crippen LogP contribution in [0.25, 0.3) is 0 Å². The van der Waals surface area contributed by atoms with E-state index < -0.39 is 8.72 Å². The molecule has 1 spiro atoms. The first kappa shape index (κ1) is 17.2. The van der Waals surface area contributed by atoms with Crippen LogP contribution < -0.4 is 18.3 Å². The van der Waals surface area contributed by atoms with Crippen LogP contribution in [0, 0.1) is 0 Å². The zero-order valence-electron chi connectivity index (χ0n) is 17.0. The van der Waals surface area contributed by atoms with Crippen LogP contribution in [0.1, 0.15) is 25.7 Å². The van der Waals surface area contributed by atoms with Gasteiger partial charge in [-0.25, -0.2) is 0 Å². The van der Waals surface area contributed by atoms with Gasteiger partial charge in [-0.3, -0.25) is 0 Å². The fourth-order valence-electron chi connectivity index (χ4n) is 5.87. The molecule has 5 heteroatoms. The summed E-state index contributed by atoms with van der Waals surface area (Å²) in [7, 11) is -2.41. The lowest BCUT2D eigenvalue weighted by Gasteiger charge is -2.52. The number of anilines is 4. The Labute approximate surface area is 174 Å². The van der Waals surface area contributed by atoms with Crippen LogP contribution in [0.15, 0.2) is 72.8 Å². The molecular weight excluding hydrogens is 372 g/mol. The zero-order chi connectivity index (χ0) is 19.6. The Balaban J connectivity index is 1.66. The Kier molecular flexibility index (Phi) is 3.66. The summed E-state index contributed by atoms with van der Waals surface area (Å²) in [4.78, 5) is 0. The van der Waals surface area contributed by atoms with Crippen molar-refractivity contribution in [1.82, 2.24) is 0 Å². The van der Waals surface area contributed by atoms with Gasteiger partial charge in [0.15, 0.2) is 0 Å². The van der Waals surface area contributed by atoms with E-state index in [1.807, 2.05) is 0 Å². The SMILES string of the molecule is C=C1CCCN2c3ccccc3N3CC(=C)CCCN4c5ccccc5N(C1)[Si]423. The van der Waals surface area contributed by atoms with E-state index in [1.165, 1.54) is 46.7 Å². The van der Waals surface area contributed by atoms with Gasteiger partial charge >= 0.3 is 8.72 Å². The molecule has 0 aromatic heterocycles. The van der Waals surface area contributed by atoms with Crippen LogP contribution in [0.4, 0.5) is 22.7 Å². The van der Waals surface area contributed by atoms with E-state index in [4.69, 9.17) is 0 Å². The van der Waals surface area contributed by atoms with E-state index in [9.17, 15) is 0 Å². The van der Waals surface area contributed by atoms with Crippen LogP contribution in [0.2, 0.25) is 0 Å². The molecule has 4 heterocycles. The molecule has 0 atom stereocenters. The zero-order valence-corrected chi connectivity index (χ0v) is 18.0. The van der Waals surface area contributed by atoms with Gasteiger partial charge in [-0.1, -0.05) is 48.6 Å². The van der Waals surface area contributed by atoms with Crippen LogP contribution in [0.5, 0.6) is 0 Å². The molecule has 0 saturated carbocycles. The Morgan fingerprint density at radius 2 is 0.966 bits per heavy atom. The number of hydrogen-bond acceptors (Lipinski definition) is 4. The molecule has 4 nitrogen and oxygen atoms in total. The molecule has 4 aliphatic heterocycles. The minimum absolute atomic E-state index is 0.952. The summed E-state index contributed by atoms with van der Waals surface area (Å²) < 4.78 is 11.1. The highest BCUT2D eigenvalue weighted by Gasteiger charge is 2.67. The number of fused-ring (bicyclic) bond motifs is 6. The highest BCUT2D eigenvalue weighted by molar-refractivity contribution is 6.96. The second-order valence-electron chi connectivity index (χ2n) is 8.76. The monoisotopic (exact) mass is 400 g/mol. The summed E-state index contributed by atoms with van der Waals surface area (Å²) in [5.41, 5.74) is 8.31. The summed E-state index contributed by atoms with van der Waals surface area (Å²) >= 11 is 0. The van der Waals surface area contributed by atoms with Crippen LogP contribution in [0.3, 0.4) is 0 Å². The maximum absolute atomic E-state index is 4.47. The standard InChI is InChI=1S/C24H28N4Si/c1-19-9-7-15-25-22-12-4-6-14-24(22)28-18-20(2)10-8-16-26-21-11-3-5-13-23(21)27(17-19)29(25,26)28/h3-6,11-14H,1-2,7-10,15-18H2. The van der Waals surface area contributed by atoms with Crippen molar-refractivity contribution in [1.29, 1.82) is 0 Å². The largest absolute Gasteiger partial charge is 0.503 e. The molecule has 0 amide bonds. The third-order valence-electron chi connectivity index (χ3n) is 6.96. The molecule has 29 heavy (non-hydrogen) atoms.